The number of rotatable bonds is 6. The van der Waals surface area contributed by atoms with Gasteiger partial charge in [-0.25, -0.2) is 0 Å². The number of nitrogens with one attached hydrogen (secondary N) is 2. The Labute approximate surface area is 138 Å². The highest BCUT2D eigenvalue weighted by molar-refractivity contribution is 5.97. The first-order valence-electron chi connectivity index (χ1n) is 7.25. The molecule has 0 bridgehead atoms. The van der Waals surface area contributed by atoms with E-state index in [0.29, 0.717) is 17.7 Å². The number of nitro benzene ring substituents is 1. The third-order valence-electron chi connectivity index (χ3n) is 3.66. The van der Waals surface area contributed by atoms with Crippen molar-refractivity contribution in [3.05, 3.63) is 69.3 Å². The summed E-state index contributed by atoms with van der Waals surface area (Å²) < 4.78 is 0. The maximum absolute atomic E-state index is 12.6. The summed E-state index contributed by atoms with van der Waals surface area (Å²) in [5.74, 6) is -0.423. The molecule has 124 valence electrons. The largest absolute Gasteiger partial charge is 0.343 e. The summed E-state index contributed by atoms with van der Waals surface area (Å²) in [5.41, 5.74) is 2.85. The molecule has 7 nitrogen and oxygen atoms in total. The molecular formula is C17H17N3O4. The second-order valence-electron chi connectivity index (χ2n) is 5.32. The SMILES string of the molecule is Cc1cccc(C)c1NC(=O)[C@@H](NC=O)c1ccc([N+](=O)[O-])cc1. The number of carbonyl (C=O) groups is 2. The molecule has 0 aliphatic heterocycles. The molecule has 2 aromatic carbocycles. The van der Waals surface area contributed by atoms with Gasteiger partial charge >= 0.3 is 0 Å². The molecule has 0 aliphatic rings. The van der Waals surface area contributed by atoms with Gasteiger partial charge in [0.2, 0.25) is 6.41 Å². The van der Waals surface area contributed by atoms with Crippen molar-refractivity contribution in [2.45, 2.75) is 19.9 Å². The van der Waals surface area contributed by atoms with E-state index in [1.807, 2.05) is 32.0 Å². The molecule has 0 saturated carbocycles. The minimum atomic E-state index is -0.942. The highest BCUT2D eigenvalue weighted by Gasteiger charge is 2.22. The van der Waals surface area contributed by atoms with Crippen LogP contribution in [0.15, 0.2) is 42.5 Å². The standard InChI is InChI=1S/C17H17N3O4/c1-11-4-3-5-12(2)15(11)19-17(22)16(18-10-21)13-6-8-14(9-7-13)20(23)24/h3-10,16H,1-2H3,(H,18,21)(H,19,22)/t16-/m0/s1. The average Bonchev–Trinajstić information content (AvgIpc) is 2.56. The second-order valence-corrected chi connectivity index (χ2v) is 5.32. The van der Waals surface area contributed by atoms with Crippen LogP contribution >= 0.6 is 0 Å². The van der Waals surface area contributed by atoms with E-state index >= 15 is 0 Å². The first kappa shape index (κ1) is 17.1. The molecule has 2 aromatic rings. The van der Waals surface area contributed by atoms with Gasteiger partial charge in [-0.1, -0.05) is 18.2 Å². The van der Waals surface area contributed by atoms with E-state index in [1.165, 1.54) is 24.3 Å². The van der Waals surface area contributed by atoms with Crippen LogP contribution in [0.5, 0.6) is 0 Å². The summed E-state index contributed by atoms with van der Waals surface area (Å²) in [7, 11) is 0. The second kappa shape index (κ2) is 7.36. The molecule has 0 spiro atoms. The minimum absolute atomic E-state index is 0.0845. The molecule has 0 aromatic heterocycles. The van der Waals surface area contributed by atoms with Crippen LogP contribution in [0.2, 0.25) is 0 Å². The van der Waals surface area contributed by atoms with Crippen LogP contribution < -0.4 is 10.6 Å². The average molecular weight is 327 g/mol. The van der Waals surface area contributed by atoms with E-state index in [4.69, 9.17) is 0 Å². The lowest BCUT2D eigenvalue weighted by Gasteiger charge is -2.18. The molecule has 0 saturated heterocycles. The van der Waals surface area contributed by atoms with E-state index in [2.05, 4.69) is 10.6 Å². The Morgan fingerprint density at radius 3 is 2.21 bits per heavy atom. The first-order valence-corrected chi connectivity index (χ1v) is 7.25. The number of anilines is 1. The van der Waals surface area contributed by atoms with Crippen molar-refractivity contribution in [2.24, 2.45) is 0 Å². The van der Waals surface area contributed by atoms with Gasteiger partial charge in [-0.15, -0.1) is 0 Å². The Balaban J connectivity index is 2.28. The lowest BCUT2D eigenvalue weighted by Crippen LogP contribution is -2.32. The van der Waals surface area contributed by atoms with Gasteiger partial charge in [0.05, 0.1) is 4.92 Å². The van der Waals surface area contributed by atoms with E-state index in [1.54, 1.807) is 0 Å². The maximum Gasteiger partial charge on any atom is 0.269 e. The van der Waals surface area contributed by atoms with Gasteiger partial charge in [0.25, 0.3) is 11.6 Å². The summed E-state index contributed by atoms with van der Waals surface area (Å²) in [6.45, 7) is 3.74. The fourth-order valence-corrected chi connectivity index (χ4v) is 2.39. The van der Waals surface area contributed by atoms with Crippen molar-refractivity contribution in [1.29, 1.82) is 0 Å². The number of benzene rings is 2. The van der Waals surface area contributed by atoms with Gasteiger partial charge in [0.1, 0.15) is 6.04 Å². The lowest BCUT2D eigenvalue weighted by atomic mass is 10.0. The van der Waals surface area contributed by atoms with E-state index in [9.17, 15) is 19.7 Å². The monoisotopic (exact) mass is 327 g/mol. The fraction of sp³-hybridized carbons (Fsp3) is 0.176. The van der Waals surface area contributed by atoms with E-state index < -0.39 is 16.9 Å². The van der Waals surface area contributed by atoms with Crippen LogP contribution in [0.4, 0.5) is 11.4 Å². The number of aryl methyl sites for hydroxylation is 2. The maximum atomic E-state index is 12.6. The summed E-state index contributed by atoms with van der Waals surface area (Å²) in [5, 5.41) is 16.0. The Hall–Kier alpha value is -3.22. The zero-order valence-corrected chi connectivity index (χ0v) is 13.3. The Morgan fingerprint density at radius 2 is 1.71 bits per heavy atom. The van der Waals surface area contributed by atoms with Crippen molar-refractivity contribution in [3.63, 3.8) is 0 Å². The number of para-hydroxylation sites is 1. The van der Waals surface area contributed by atoms with Crippen LogP contribution in [0.25, 0.3) is 0 Å². The fourth-order valence-electron chi connectivity index (χ4n) is 2.39. The number of nitrogens with zero attached hydrogens (tertiary/aromatic N) is 1. The van der Waals surface area contributed by atoms with Crippen molar-refractivity contribution in [1.82, 2.24) is 5.32 Å². The predicted octanol–water partition coefficient (Wildman–Crippen LogP) is 2.64. The highest BCUT2D eigenvalue weighted by Crippen LogP contribution is 2.23. The van der Waals surface area contributed by atoms with Crippen molar-refractivity contribution in [3.8, 4) is 0 Å². The van der Waals surface area contributed by atoms with Gasteiger partial charge in [-0.05, 0) is 42.7 Å². The summed E-state index contributed by atoms with van der Waals surface area (Å²) in [6.07, 6.45) is 0.427. The molecule has 2 amide bonds. The molecule has 0 fully saturated rings. The molecule has 24 heavy (non-hydrogen) atoms. The molecule has 2 N–H and O–H groups in total. The highest BCUT2D eigenvalue weighted by atomic mass is 16.6. The van der Waals surface area contributed by atoms with Crippen molar-refractivity contribution >= 4 is 23.7 Å². The Bertz CT molecular complexity index is 752. The number of hydrogen-bond acceptors (Lipinski definition) is 4. The zero-order valence-electron chi connectivity index (χ0n) is 13.3. The van der Waals surface area contributed by atoms with Gasteiger partial charge in [-0.2, -0.15) is 0 Å². The van der Waals surface area contributed by atoms with Gasteiger partial charge < -0.3 is 10.6 Å². The molecule has 1 atom stereocenters. The normalized spacial score (nSPS) is 11.4. The van der Waals surface area contributed by atoms with E-state index in [-0.39, 0.29) is 5.69 Å². The van der Waals surface area contributed by atoms with Crippen molar-refractivity contribution < 1.29 is 14.5 Å². The predicted molar refractivity (Wildman–Crippen MR) is 89.6 cm³/mol. The van der Waals surface area contributed by atoms with Crippen molar-refractivity contribution in [2.75, 3.05) is 5.32 Å². The third-order valence-corrected chi connectivity index (χ3v) is 3.66. The molecule has 7 heteroatoms. The summed E-state index contributed by atoms with van der Waals surface area (Å²) in [4.78, 5) is 33.6. The molecule has 0 radical (unpaired) electrons. The Kier molecular flexibility index (Phi) is 5.26. The number of nitro groups is 1. The number of carbonyl (C=O) groups excluding carboxylic acids is 2. The Morgan fingerprint density at radius 1 is 1.12 bits per heavy atom. The molecule has 0 heterocycles. The molecule has 0 unspecified atom stereocenters. The zero-order chi connectivity index (χ0) is 17.7. The third kappa shape index (κ3) is 3.75. The smallest absolute Gasteiger partial charge is 0.269 e. The van der Waals surface area contributed by atoms with Crippen LogP contribution in [0, 0.1) is 24.0 Å². The summed E-state index contributed by atoms with van der Waals surface area (Å²) in [6, 6.07) is 10.2. The van der Waals surface area contributed by atoms with Crippen LogP contribution in [0.3, 0.4) is 0 Å². The van der Waals surface area contributed by atoms with Crippen LogP contribution in [-0.4, -0.2) is 17.2 Å². The van der Waals surface area contributed by atoms with Gasteiger partial charge in [0, 0.05) is 17.8 Å². The first-order chi connectivity index (χ1) is 11.4. The van der Waals surface area contributed by atoms with Crippen LogP contribution in [0.1, 0.15) is 22.7 Å². The summed E-state index contributed by atoms with van der Waals surface area (Å²) >= 11 is 0. The van der Waals surface area contributed by atoms with Crippen LogP contribution in [-0.2, 0) is 9.59 Å². The molecule has 2 rings (SSSR count). The number of non-ortho nitro benzene ring substituents is 1. The lowest BCUT2D eigenvalue weighted by molar-refractivity contribution is -0.384. The van der Waals surface area contributed by atoms with E-state index in [0.717, 1.165) is 11.1 Å². The minimum Gasteiger partial charge on any atom is -0.343 e. The molecular weight excluding hydrogens is 310 g/mol. The number of amides is 2. The molecule has 0 aliphatic carbocycles. The van der Waals surface area contributed by atoms with Gasteiger partial charge in [0.15, 0.2) is 0 Å². The topological polar surface area (TPSA) is 101 Å². The quantitative estimate of drug-likeness (QED) is 0.484. The van der Waals surface area contributed by atoms with Gasteiger partial charge in [-0.3, -0.25) is 19.7 Å². The number of hydrogen-bond donors (Lipinski definition) is 2.